The number of ether oxygens (including phenoxy) is 1. The van der Waals surface area contributed by atoms with Gasteiger partial charge in [-0.1, -0.05) is 0 Å². The summed E-state index contributed by atoms with van der Waals surface area (Å²) in [5.41, 5.74) is 0.853. The number of carbonyl (C=O) groups excluding carboxylic acids is 1. The molecule has 0 radical (unpaired) electrons. The lowest BCUT2D eigenvalue weighted by molar-refractivity contribution is -0.133. The molecule has 0 aromatic carbocycles. The van der Waals surface area contributed by atoms with Crippen LogP contribution in [0.2, 0.25) is 0 Å². The Morgan fingerprint density at radius 3 is 2.91 bits per heavy atom. The molecule has 23 heavy (non-hydrogen) atoms. The molecule has 128 valence electrons. The van der Waals surface area contributed by atoms with E-state index in [9.17, 15) is 9.90 Å². The highest BCUT2D eigenvalue weighted by Gasteiger charge is 2.25. The Bertz CT molecular complexity index is 540. The number of β-amino-alcohol motifs (C(OH)–C–C–N with tert-alkyl or cyclic N) is 1. The van der Waals surface area contributed by atoms with E-state index in [0.29, 0.717) is 45.2 Å². The van der Waals surface area contributed by atoms with Crippen LogP contribution < -0.4 is 10.2 Å². The molecule has 0 saturated carbocycles. The predicted octanol–water partition coefficient (Wildman–Crippen LogP) is -0.127. The second-order valence-electron chi connectivity index (χ2n) is 5.62. The summed E-state index contributed by atoms with van der Waals surface area (Å²) in [5.74, 6) is 1.31. The maximum atomic E-state index is 12.1. The van der Waals surface area contributed by atoms with Gasteiger partial charge in [0, 0.05) is 52.1 Å². The number of hydrogen-bond donors (Lipinski definition) is 2. The normalized spacial score (nSPS) is 18.7. The number of anilines is 2. The SMILES string of the molecule is CNc1nc(C)cc(N2CCN(C(=O)CCOC)C[C@H](O)C2)n1. The first-order valence-corrected chi connectivity index (χ1v) is 7.76. The van der Waals surface area contributed by atoms with E-state index in [1.165, 1.54) is 0 Å². The van der Waals surface area contributed by atoms with Crippen LogP contribution in [0.5, 0.6) is 0 Å². The van der Waals surface area contributed by atoms with E-state index >= 15 is 0 Å². The topological polar surface area (TPSA) is 90.8 Å². The molecule has 1 fully saturated rings. The molecule has 1 aliphatic rings. The summed E-state index contributed by atoms with van der Waals surface area (Å²) in [6.45, 7) is 4.25. The van der Waals surface area contributed by atoms with Gasteiger partial charge >= 0.3 is 0 Å². The van der Waals surface area contributed by atoms with E-state index in [4.69, 9.17) is 4.74 Å². The second kappa shape index (κ2) is 8.07. The summed E-state index contributed by atoms with van der Waals surface area (Å²) in [5, 5.41) is 13.2. The first kappa shape index (κ1) is 17.4. The summed E-state index contributed by atoms with van der Waals surface area (Å²) in [7, 11) is 3.34. The van der Waals surface area contributed by atoms with Crippen molar-refractivity contribution in [3.05, 3.63) is 11.8 Å². The molecule has 1 aliphatic heterocycles. The third-order valence-electron chi connectivity index (χ3n) is 3.76. The molecule has 2 N–H and O–H groups in total. The van der Waals surface area contributed by atoms with Crippen molar-refractivity contribution in [2.75, 3.05) is 57.2 Å². The molecule has 1 aromatic heterocycles. The Labute approximate surface area is 136 Å². The summed E-state index contributed by atoms with van der Waals surface area (Å²) in [6, 6.07) is 1.88. The van der Waals surface area contributed by atoms with E-state index in [1.807, 2.05) is 17.9 Å². The number of aryl methyl sites for hydroxylation is 1. The number of nitrogens with one attached hydrogen (secondary N) is 1. The van der Waals surface area contributed by atoms with Crippen molar-refractivity contribution in [2.45, 2.75) is 19.4 Å². The first-order valence-electron chi connectivity index (χ1n) is 7.76. The van der Waals surface area contributed by atoms with Crippen LogP contribution in [0.4, 0.5) is 11.8 Å². The number of rotatable bonds is 5. The lowest BCUT2D eigenvalue weighted by atomic mass is 10.3. The number of hydrogen-bond acceptors (Lipinski definition) is 7. The fourth-order valence-corrected chi connectivity index (χ4v) is 2.60. The molecule has 2 heterocycles. The maximum absolute atomic E-state index is 12.1. The summed E-state index contributed by atoms with van der Waals surface area (Å²) in [4.78, 5) is 24.5. The smallest absolute Gasteiger partial charge is 0.225 e. The number of amides is 1. The van der Waals surface area contributed by atoms with Gasteiger partial charge in [0.15, 0.2) is 0 Å². The minimum absolute atomic E-state index is 0.00234. The molecule has 8 nitrogen and oxygen atoms in total. The van der Waals surface area contributed by atoms with Crippen LogP contribution in [0.15, 0.2) is 6.07 Å². The molecule has 0 unspecified atom stereocenters. The number of methoxy groups -OCH3 is 1. The third kappa shape index (κ3) is 4.77. The van der Waals surface area contributed by atoms with Gasteiger partial charge in [-0.3, -0.25) is 4.79 Å². The molecule has 0 spiro atoms. The van der Waals surface area contributed by atoms with Crippen LogP contribution in [-0.2, 0) is 9.53 Å². The van der Waals surface area contributed by atoms with Gasteiger partial charge in [0.05, 0.1) is 19.1 Å². The molecule has 1 atom stereocenters. The van der Waals surface area contributed by atoms with Crippen molar-refractivity contribution in [1.82, 2.24) is 14.9 Å². The summed E-state index contributed by atoms with van der Waals surface area (Å²) in [6.07, 6.45) is -0.281. The van der Waals surface area contributed by atoms with Crippen molar-refractivity contribution in [3.63, 3.8) is 0 Å². The zero-order valence-corrected chi connectivity index (χ0v) is 13.9. The zero-order chi connectivity index (χ0) is 16.8. The van der Waals surface area contributed by atoms with Crippen LogP contribution in [0.3, 0.4) is 0 Å². The number of nitrogens with zero attached hydrogens (tertiary/aromatic N) is 4. The minimum atomic E-state index is -0.614. The molecular weight excluding hydrogens is 298 g/mol. The van der Waals surface area contributed by atoms with Gasteiger partial charge in [0.1, 0.15) is 5.82 Å². The Balaban J connectivity index is 2.08. The van der Waals surface area contributed by atoms with Gasteiger partial charge in [-0.15, -0.1) is 0 Å². The largest absolute Gasteiger partial charge is 0.389 e. The molecule has 2 rings (SSSR count). The van der Waals surface area contributed by atoms with Gasteiger partial charge in [0.2, 0.25) is 11.9 Å². The highest BCUT2D eigenvalue weighted by molar-refractivity contribution is 5.76. The minimum Gasteiger partial charge on any atom is -0.389 e. The first-order chi connectivity index (χ1) is 11.0. The number of aliphatic hydroxyl groups excluding tert-OH is 1. The zero-order valence-electron chi connectivity index (χ0n) is 13.9. The third-order valence-corrected chi connectivity index (χ3v) is 3.76. The number of aliphatic hydroxyl groups is 1. The van der Waals surface area contributed by atoms with Crippen molar-refractivity contribution in [2.24, 2.45) is 0 Å². The van der Waals surface area contributed by atoms with Gasteiger partial charge in [-0.2, -0.15) is 4.98 Å². The van der Waals surface area contributed by atoms with Crippen LogP contribution >= 0.6 is 0 Å². The molecule has 1 saturated heterocycles. The monoisotopic (exact) mass is 323 g/mol. The van der Waals surface area contributed by atoms with E-state index < -0.39 is 6.10 Å². The predicted molar refractivity (Wildman–Crippen MR) is 87.6 cm³/mol. The Morgan fingerprint density at radius 2 is 2.22 bits per heavy atom. The summed E-state index contributed by atoms with van der Waals surface area (Å²) < 4.78 is 4.95. The van der Waals surface area contributed by atoms with E-state index in [0.717, 1.165) is 11.5 Å². The lowest BCUT2D eigenvalue weighted by Crippen LogP contribution is -2.38. The molecule has 0 aliphatic carbocycles. The van der Waals surface area contributed by atoms with Gasteiger partial charge < -0.3 is 25.0 Å². The Kier molecular flexibility index (Phi) is 6.12. The average Bonchev–Trinajstić information content (AvgIpc) is 2.73. The van der Waals surface area contributed by atoms with Crippen LogP contribution in [-0.4, -0.2) is 78.9 Å². The van der Waals surface area contributed by atoms with Gasteiger partial charge in [-0.05, 0) is 6.92 Å². The highest BCUT2D eigenvalue weighted by atomic mass is 16.5. The second-order valence-corrected chi connectivity index (χ2v) is 5.62. The fraction of sp³-hybridized carbons (Fsp3) is 0.667. The van der Waals surface area contributed by atoms with Gasteiger partial charge in [0.25, 0.3) is 0 Å². The highest BCUT2D eigenvalue weighted by Crippen LogP contribution is 2.17. The van der Waals surface area contributed by atoms with Crippen LogP contribution in [0.1, 0.15) is 12.1 Å². The van der Waals surface area contributed by atoms with Crippen LogP contribution in [0.25, 0.3) is 0 Å². The van der Waals surface area contributed by atoms with Crippen molar-refractivity contribution >= 4 is 17.7 Å². The quantitative estimate of drug-likeness (QED) is 0.780. The molecule has 8 heteroatoms. The fourth-order valence-electron chi connectivity index (χ4n) is 2.60. The summed E-state index contributed by atoms with van der Waals surface area (Å²) >= 11 is 0. The molecular formula is C15H25N5O3. The molecule has 1 amide bonds. The van der Waals surface area contributed by atoms with Crippen molar-refractivity contribution < 1.29 is 14.6 Å². The van der Waals surface area contributed by atoms with E-state index in [2.05, 4.69) is 15.3 Å². The lowest BCUT2D eigenvalue weighted by Gasteiger charge is -2.23. The molecule has 0 bridgehead atoms. The van der Waals surface area contributed by atoms with Crippen molar-refractivity contribution in [1.29, 1.82) is 0 Å². The Morgan fingerprint density at radius 1 is 1.43 bits per heavy atom. The van der Waals surface area contributed by atoms with E-state index in [-0.39, 0.29) is 5.91 Å². The Hall–Kier alpha value is -1.93. The maximum Gasteiger partial charge on any atom is 0.225 e. The number of carbonyl (C=O) groups is 1. The standard InChI is InChI=1S/C15H25N5O3/c1-11-8-13(18-15(16-2)17-11)19-5-6-20(10-12(21)9-19)14(22)4-7-23-3/h8,12,21H,4-7,9-10H2,1-3H3,(H,16,17,18)/t12-/m1/s1. The van der Waals surface area contributed by atoms with Crippen LogP contribution in [0, 0.1) is 6.92 Å². The van der Waals surface area contributed by atoms with E-state index in [1.54, 1.807) is 19.1 Å². The average molecular weight is 323 g/mol. The van der Waals surface area contributed by atoms with Crippen molar-refractivity contribution in [3.8, 4) is 0 Å². The van der Waals surface area contributed by atoms with Gasteiger partial charge in [-0.25, -0.2) is 4.98 Å². The molecule has 1 aromatic rings. The number of aromatic nitrogens is 2.